The Morgan fingerprint density at radius 2 is 1.34 bits per heavy atom. The van der Waals surface area contributed by atoms with Gasteiger partial charge in [-0.1, -0.05) is 38.1 Å². The third kappa shape index (κ3) is 7.48. The minimum Gasteiger partial charge on any atom is -0.477 e. The number of anilines is 1. The molecule has 0 bridgehead atoms. The molecule has 0 spiro atoms. The number of thiophene rings is 2. The number of carboxylic acid groups (broad SMARTS) is 2. The molecule has 4 heterocycles. The molecule has 53 heavy (non-hydrogen) atoms. The lowest BCUT2D eigenvalue weighted by Gasteiger charge is -2.27. The molecule has 0 aliphatic carbocycles. The predicted octanol–water partition coefficient (Wildman–Crippen LogP) is 7.24. The van der Waals surface area contributed by atoms with E-state index in [4.69, 9.17) is 0 Å². The van der Waals surface area contributed by atoms with Crippen LogP contribution in [-0.4, -0.2) is 83.0 Å². The highest BCUT2D eigenvalue weighted by atomic mass is 32.2. The van der Waals surface area contributed by atoms with Crippen LogP contribution in [0.5, 0.6) is 0 Å². The van der Waals surface area contributed by atoms with Crippen LogP contribution in [-0.2, 0) is 31.1 Å². The van der Waals surface area contributed by atoms with Crippen molar-refractivity contribution in [2.45, 2.75) is 51.4 Å². The van der Waals surface area contributed by atoms with E-state index in [0.29, 0.717) is 0 Å². The van der Waals surface area contributed by atoms with E-state index < -0.39 is 54.5 Å². The summed E-state index contributed by atoms with van der Waals surface area (Å²) in [5.41, 5.74) is 4.12. The number of rotatable bonds is 13. The normalized spacial score (nSPS) is 17.6. The number of fused-ring (bicyclic) bond motifs is 6. The summed E-state index contributed by atoms with van der Waals surface area (Å²) >= 11 is 2.33. The smallest absolute Gasteiger partial charge is 0.345 e. The molecule has 0 saturated heterocycles. The maximum Gasteiger partial charge on any atom is 0.345 e. The Morgan fingerprint density at radius 1 is 0.774 bits per heavy atom. The van der Waals surface area contributed by atoms with Crippen LogP contribution in [0.3, 0.4) is 0 Å². The lowest BCUT2D eigenvalue weighted by Crippen LogP contribution is -2.28. The number of carboxylic acids is 2. The summed E-state index contributed by atoms with van der Waals surface area (Å²) in [6, 6.07) is 11.0. The molecule has 12 nitrogen and oxygen atoms in total. The fourth-order valence-corrected chi connectivity index (χ4v) is 10.2. The molecule has 16 heteroatoms. The number of hydrogen-bond donors (Lipinski definition) is 4. The van der Waals surface area contributed by atoms with Crippen molar-refractivity contribution in [3.05, 3.63) is 93.4 Å². The first kappa shape index (κ1) is 38.5. The maximum atomic E-state index is 11.8. The highest BCUT2D eigenvalue weighted by molar-refractivity contribution is 7.86. The average molecular weight is 800 g/mol. The molecule has 0 unspecified atom stereocenters. The van der Waals surface area contributed by atoms with Gasteiger partial charge in [0.25, 0.3) is 20.2 Å². The Hall–Kier alpha value is -4.19. The summed E-state index contributed by atoms with van der Waals surface area (Å²) in [6.45, 7) is 8.68. The van der Waals surface area contributed by atoms with Gasteiger partial charge in [-0.05, 0) is 62.2 Å². The zero-order valence-corrected chi connectivity index (χ0v) is 32.6. The molecule has 280 valence electrons. The number of aromatic carboxylic acids is 2. The summed E-state index contributed by atoms with van der Waals surface area (Å²) in [5, 5.41) is 20.9. The standard InChI is InChI=1S/C37H38N2O10S4/c1-36(2)24-12-14-26-22(20-28(50-26)34(40)41)32(24)38(16-8-18-52(44,45)46)30(36)10-6-5-7-11-31-37(3,4)25-13-15-27-23(21-29(51-27)35(42)43)33(25)39(31)17-9-19-53(47,48)49/h5-7,10-15,20-21H,8-9,16-19H2,1-4H3,(H3-,40,41,42,43,44,45,46,47,48,49)/p+1. The highest BCUT2D eigenvalue weighted by Crippen LogP contribution is 2.52. The van der Waals surface area contributed by atoms with Crippen molar-refractivity contribution in [1.29, 1.82) is 0 Å². The first-order chi connectivity index (χ1) is 24.7. The van der Waals surface area contributed by atoms with Gasteiger partial charge >= 0.3 is 11.9 Å². The number of carbonyl (C=O) groups is 2. The molecule has 6 rings (SSSR count). The molecular formula is C37H39N2O10S4+. The summed E-state index contributed by atoms with van der Waals surface area (Å²) in [5.74, 6) is -2.93. The zero-order chi connectivity index (χ0) is 38.7. The molecule has 0 radical (unpaired) electrons. The SMILES string of the molecule is CC1(C)C(/C=C/C=C/C=C2/N(CCCS(=O)(=O)O)c3c(ccc4sc(C(=O)O)cc34)C2(C)C)=[N+](CCCS(=O)(=O)O)c2c1ccc1sc(C(=O)O)cc21. The lowest BCUT2D eigenvalue weighted by molar-refractivity contribution is -0.435. The molecule has 2 aromatic carbocycles. The van der Waals surface area contributed by atoms with Gasteiger partial charge in [-0.2, -0.15) is 21.4 Å². The van der Waals surface area contributed by atoms with Gasteiger partial charge in [0, 0.05) is 50.5 Å². The third-order valence-corrected chi connectivity index (χ3v) is 13.6. The van der Waals surface area contributed by atoms with Gasteiger partial charge in [-0.25, -0.2) is 9.59 Å². The Kier molecular flexibility index (Phi) is 10.1. The van der Waals surface area contributed by atoms with Crippen molar-refractivity contribution in [3.8, 4) is 0 Å². The number of hydrogen-bond acceptors (Lipinski definition) is 9. The van der Waals surface area contributed by atoms with Crippen LogP contribution >= 0.6 is 22.7 Å². The predicted molar refractivity (Wildman–Crippen MR) is 209 cm³/mol. The summed E-state index contributed by atoms with van der Waals surface area (Å²) < 4.78 is 68.9. The van der Waals surface area contributed by atoms with Crippen molar-refractivity contribution < 1.29 is 50.3 Å². The van der Waals surface area contributed by atoms with E-state index in [9.17, 15) is 45.7 Å². The molecule has 0 fully saturated rings. The summed E-state index contributed by atoms with van der Waals surface area (Å²) in [4.78, 5) is 26.1. The Labute approximate surface area is 315 Å². The second kappa shape index (κ2) is 13.9. The minimum absolute atomic E-state index is 0.133. The van der Waals surface area contributed by atoms with Crippen LogP contribution in [0.2, 0.25) is 0 Å². The van der Waals surface area contributed by atoms with Gasteiger partial charge in [0.05, 0.1) is 28.0 Å². The van der Waals surface area contributed by atoms with Crippen molar-refractivity contribution in [1.82, 2.24) is 0 Å². The van der Waals surface area contributed by atoms with Crippen LogP contribution in [0.1, 0.15) is 71.0 Å². The molecule has 2 aliphatic heterocycles. The van der Waals surface area contributed by atoms with E-state index in [1.54, 1.807) is 12.1 Å². The van der Waals surface area contributed by atoms with Crippen LogP contribution in [0, 0.1) is 0 Å². The quantitative estimate of drug-likeness (QED) is 0.0606. The molecular weight excluding hydrogens is 761 g/mol. The number of nitrogens with zero attached hydrogens (tertiary/aromatic N) is 2. The number of allylic oxidation sites excluding steroid dienone is 6. The molecule has 4 aromatic rings. The first-order valence-corrected chi connectivity index (χ1v) is 21.5. The summed E-state index contributed by atoms with van der Waals surface area (Å²) in [6.07, 6.45) is 9.69. The molecule has 2 aromatic heterocycles. The molecule has 0 amide bonds. The van der Waals surface area contributed by atoms with Crippen molar-refractivity contribution >= 4 is 92.1 Å². The van der Waals surface area contributed by atoms with Gasteiger partial charge in [-0.3, -0.25) is 9.11 Å². The van der Waals surface area contributed by atoms with E-state index in [-0.39, 0.29) is 35.7 Å². The molecule has 0 saturated carbocycles. The van der Waals surface area contributed by atoms with Crippen molar-refractivity contribution in [3.63, 3.8) is 0 Å². The van der Waals surface area contributed by atoms with Crippen LogP contribution in [0.25, 0.3) is 20.2 Å². The van der Waals surface area contributed by atoms with E-state index in [0.717, 1.165) is 76.8 Å². The third-order valence-electron chi connectivity index (χ3n) is 9.81. The van der Waals surface area contributed by atoms with Gasteiger partial charge in [0.1, 0.15) is 16.3 Å². The van der Waals surface area contributed by atoms with Crippen LogP contribution in [0.4, 0.5) is 11.4 Å². The van der Waals surface area contributed by atoms with E-state index in [1.807, 2.05) is 91.8 Å². The van der Waals surface area contributed by atoms with Gasteiger partial charge in [0.15, 0.2) is 5.71 Å². The number of benzene rings is 2. The minimum atomic E-state index is -4.20. The molecule has 0 atom stereocenters. The first-order valence-electron chi connectivity index (χ1n) is 16.7. The van der Waals surface area contributed by atoms with E-state index >= 15 is 0 Å². The van der Waals surface area contributed by atoms with Gasteiger partial charge in [-0.15, -0.1) is 22.7 Å². The second-order valence-corrected chi connectivity index (χ2v) is 19.4. The Balaban J connectivity index is 1.39. The second-order valence-electron chi connectivity index (χ2n) is 14.1. The topological polar surface area (TPSA) is 190 Å². The van der Waals surface area contributed by atoms with E-state index in [1.165, 1.54) is 0 Å². The Bertz CT molecular complexity index is 2530. The van der Waals surface area contributed by atoms with Crippen molar-refractivity contribution in [2.75, 3.05) is 29.5 Å². The Morgan fingerprint density at radius 3 is 1.94 bits per heavy atom. The van der Waals surface area contributed by atoms with Gasteiger partial charge < -0.3 is 15.1 Å². The van der Waals surface area contributed by atoms with Crippen molar-refractivity contribution in [2.24, 2.45) is 0 Å². The fourth-order valence-electron chi connectivity index (χ4n) is 7.42. The van der Waals surface area contributed by atoms with E-state index in [2.05, 4.69) is 0 Å². The largest absolute Gasteiger partial charge is 0.477 e. The molecule has 4 N–H and O–H groups in total. The summed E-state index contributed by atoms with van der Waals surface area (Å²) in [7, 11) is -8.41. The lowest BCUT2D eigenvalue weighted by atomic mass is 9.81. The fraction of sp³-hybridized carbons (Fsp3) is 0.324. The zero-order valence-electron chi connectivity index (χ0n) is 29.4. The van der Waals surface area contributed by atoms with Crippen LogP contribution in [0.15, 0.2) is 72.5 Å². The average Bonchev–Trinajstić information content (AvgIpc) is 3.77. The van der Waals surface area contributed by atoms with Crippen LogP contribution < -0.4 is 4.90 Å². The monoisotopic (exact) mass is 799 g/mol. The molecule has 2 aliphatic rings. The highest BCUT2D eigenvalue weighted by Gasteiger charge is 2.46. The van der Waals surface area contributed by atoms with Gasteiger partial charge in [0.2, 0.25) is 5.69 Å². The maximum absolute atomic E-state index is 11.8.